The van der Waals surface area contributed by atoms with Crippen LogP contribution in [0.5, 0.6) is 0 Å². The Morgan fingerprint density at radius 2 is 1.48 bits per heavy atom. The first-order chi connectivity index (χ1) is 22.6. The largest absolute Gasteiger partial charge is 0.444 e. The van der Waals surface area contributed by atoms with E-state index in [0.29, 0.717) is 25.6 Å². The van der Waals surface area contributed by atoms with E-state index < -0.39 is 11.2 Å². The number of nitrogens with zero attached hydrogens (tertiary/aromatic N) is 4. The first-order valence-electron chi connectivity index (χ1n) is 16.9. The van der Waals surface area contributed by atoms with Gasteiger partial charge in [-0.3, -0.25) is 4.90 Å². The van der Waals surface area contributed by atoms with Gasteiger partial charge in [0.2, 0.25) is 0 Å². The summed E-state index contributed by atoms with van der Waals surface area (Å²) in [6, 6.07) is 16.6. The van der Waals surface area contributed by atoms with Gasteiger partial charge in [0.1, 0.15) is 22.9 Å². The molecule has 2 aromatic heterocycles. The Bertz CT molecular complexity index is 1710. The molecule has 4 aromatic rings. The fourth-order valence-corrected chi connectivity index (χ4v) is 5.94. The standard InChI is InChI=1S/C38H50N6O4/c1-24(2)22-43(35(45)47-37(4,5)6)23-32-40-25(3)33(42-32)29-18-14-27(15-19-29)26-12-16-28(17-13-26)30-21-39-34(41-30)31-11-10-20-44(31)36(46)48-38(7,8)9/h12-19,21,24,31H,10-11,20,22-23H2,1-9H3,(H,39,41)(H,40,42). The lowest BCUT2D eigenvalue weighted by Crippen LogP contribution is -2.38. The van der Waals surface area contributed by atoms with Gasteiger partial charge in [-0.1, -0.05) is 62.4 Å². The van der Waals surface area contributed by atoms with E-state index in [1.807, 2.05) is 54.7 Å². The molecule has 1 fully saturated rings. The summed E-state index contributed by atoms with van der Waals surface area (Å²) < 4.78 is 11.3. The molecule has 1 atom stereocenters. The van der Waals surface area contributed by atoms with E-state index in [9.17, 15) is 9.59 Å². The normalized spacial score (nSPS) is 15.2. The Morgan fingerprint density at radius 3 is 2.06 bits per heavy atom. The van der Waals surface area contributed by atoms with E-state index in [4.69, 9.17) is 14.5 Å². The SMILES string of the molecule is Cc1[nH]c(CN(CC(C)C)C(=O)OC(C)(C)C)nc1-c1ccc(-c2ccc(-c3cnc(C4CCCN4C(=O)OC(C)(C)C)[nH]3)cc2)cc1. The van der Waals surface area contributed by atoms with Gasteiger partial charge in [0, 0.05) is 24.3 Å². The lowest BCUT2D eigenvalue weighted by Gasteiger charge is -2.28. The van der Waals surface area contributed by atoms with E-state index in [0.717, 1.165) is 63.8 Å². The molecule has 10 nitrogen and oxygen atoms in total. The lowest BCUT2D eigenvalue weighted by atomic mass is 10.0. The second-order valence-electron chi connectivity index (χ2n) is 15.1. The quantitative estimate of drug-likeness (QED) is 0.196. The molecule has 0 bridgehead atoms. The lowest BCUT2D eigenvalue weighted by molar-refractivity contribution is 0.0201. The maximum atomic E-state index is 12.9. The van der Waals surface area contributed by atoms with Crippen molar-refractivity contribution in [2.24, 2.45) is 5.92 Å². The number of ether oxygens (including phenoxy) is 2. The number of rotatable bonds is 8. The van der Waals surface area contributed by atoms with E-state index in [-0.39, 0.29) is 18.2 Å². The van der Waals surface area contributed by atoms with Gasteiger partial charge in [0.15, 0.2) is 0 Å². The van der Waals surface area contributed by atoms with Crippen molar-refractivity contribution in [1.82, 2.24) is 29.7 Å². The number of hydrogen-bond acceptors (Lipinski definition) is 6. The summed E-state index contributed by atoms with van der Waals surface area (Å²) in [5, 5.41) is 0. The van der Waals surface area contributed by atoms with Crippen LogP contribution in [0.4, 0.5) is 9.59 Å². The second-order valence-corrected chi connectivity index (χ2v) is 15.1. The molecule has 1 aliphatic rings. The topological polar surface area (TPSA) is 116 Å². The number of benzene rings is 2. The number of aromatic amines is 2. The maximum absolute atomic E-state index is 12.9. The molecule has 1 unspecified atom stereocenters. The molecular weight excluding hydrogens is 604 g/mol. The summed E-state index contributed by atoms with van der Waals surface area (Å²) in [5.41, 5.74) is 5.82. The predicted molar refractivity (Wildman–Crippen MR) is 188 cm³/mol. The van der Waals surface area contributed by atoms with Crippen molar-refractivity contribution in [3.05, 3.63) is 72.1 Å². The zero-order chi connectivity index (χ0) is 34.8. The number of carbonyl (C=O) groups excluding carboxylic acids is 2. The smallest absolute Gasteiger partial charge is 0.410 e. The van der Waals surface area contributed by atoms with Crippen LogP contribution in [0, 0.1) is 12.8 Å². The van der Waals surface area contributed by atoms with Crippen LogP contribution in [0.1, 0.15) is 91.6 Å². The molecule has 1 aliphatic heterocycles. The Kier molecular flexibility index (Phi) is 10.0. The van der Waals surface area contributed by atoms with Crippen molar-refractivity contribution in [3.8, 4) is 33.6 Å². The summed E-state index contributed by atoms with van der Waals surface area (Å²) in [7, 11) is 0. The van der Waals surface area contributed by atoms with Crippen molar-refractivity contribution >= 4 is 12.2 Å². The van der Waals surface area contributed by atoms with Gasteiger partial charge in [0.25, 0.3) is 0 Å². The molecule has 3 heterocycles. The van der Waals surface area contributed by atoms with Gasteiger partial charge in [-0.2, -0.15) is 0 Å². The molecule has 10 heteroatoms. The average Bonchev–Trinajstić information content (AvgIpc) is 3.75. The number of carbonyl (C=O) groups is 2. The Morgan fingerprint density at radius 1 is 0.896 bits per heavy atom. The first-order valence-corrected chi connectivity index (χ1v) is 16.9. The van der Waals surface area contributed by atoms with Gasteiger partial charge in [-0.25, -0.2) is 19.6 Å². The van der Waals surface area contributed by atoms with E-state index in [1.54, 1.807) is 9.80 Å². The molecule has 0 spiro atoms. The second kappa shape index (κ2) is 13.9. The Balaban J connectivity index is 1.26. The summed E-state index contributed by atoms with van der Waals surface area (Å²) >= 11 is 0. The summed E-state index contributed by atoms with van der Waals surface area (Å²) in [6.45, 7) is 19.0. The molecule has 2 amide bonds. The third-order valence-corrected chi connectivity index (χ3v) is 7.99. The zero-order valence-electron chi connectivity index (χ0n) is 29.8. The van der Waals surface area contributed by atoms with Crippen molar-refractivity contribution in [2.45, 2.75) is 98.9 Å². The number of aryl methyl sites for hydroxylation is 1. The molecule has 1 saturated heterocycles. The minimum Gasteiger partial charge on any atom is -0.444 e. The predicted octanol–water partition coefficient (Wildman–Crippen LogP) is 8.91. The molecular formula is C38H50N6O4. The van der Waals surface area contributed by atoms with Crippen molar-refractivity contribution in [3.63, 3.8) is 0 Å². The Labute approximate surface area is 284 Å². The summed E-state index contributed by atoms with van der Waals surface area (Å²) in [4.78, 5) is 45.5. The highest BCUT2D eigenvalue weighted by Gasteiger charge is 2.35. The fourth-order valence-electron chi connectivity index (χ4n) is 5.94. The highest BCUT2D eigenvalue weighted by atomic mass is 16.6. The fraction of sp³-hybridized carbons (Fsp3) is 0.474. The van der Waals surface area contributed by atoms with Crippen LogP contribution in [0.3, 0.4) is 0 Å². The van der Waals surface area contributed by atoms with E-state index in [2.05, 4.69) is 77.3 Å². The number of hydrogen-bond donors (Lipinski definition) is 2. The van der Waals surface area contributed by atoms with Gasteiger partial charge >= 0.3 is 12.2 Å². The van der Waals surface area contributed by atoms with E-state index >= 15 is 0 Å². The van der Waals surface area contributed by atoms with Crippen LogP contribution in [-0.4, -0.2) is 66.2 Å². The number of imidazole rings is 2. The molecule has 256 valence electrons. The van der Waals surface area contributed by atoms with Crippen LogP contribution >= 0.6 is 0 Å². The van der Waals surface area contributed by atoms with Crippen LogP contribution in [0.25, 0.3) is 33.6 Å². The zero-order valence-corrected chi connectivity index (χ0v) is 29.8. The molecule has 0 saturated carbocycles. The van der Waals surface area contributed by atoms with Gasteiger partial charge in [0.05, 0.1) is 30.2 Å². The minimum absolute atomic E-state index is 0.121. The minimum atomic E-state index is -0.566. The van der Waals surface area contributed by atoms with Crippen LogP contribution < -0.4 is 0 Å². The van der Waals surface area contributed by atoms with Gasteiger partial charge in [-0.15, -0.1) is 0 Å². The molecule has 2 aromatic carbocycles. The van der Waals surface area contributed by atoms with E-state index in [1.165, 1.54) is 0 Å². The first kappa shape index (κ1) is 34.7. The van der Waals surface area contributed by atoms with Crippen molar-refractivity contribution in [2.75, 3.05) is 13.1 Å². The third-order valence-electron chi connectivity index (χ3n) is 7.99. The number of H-pyrrole nitrogens is 2. The monoisotopic (exact) mass is 654 g/mol. The van der Waals surface area contributed by atoms with Crippen LogP contribution in [0.15, 0.2) is 54.7 Å². The summed E-state index contributed by atoms with van der Waals surface area (Å²) in [6.07, 6.45) is 2.96. The highest BCUT2D eigenvalue weighted by molar-refractivity contribution is 5.73. The van der Waals surface area contributed by atoms with Gasteiger partial charge in [-0.05, 0) is 83.9 Å². The molecule has 0 aliphatic carbocycles. The molecule has 0 radical (unpaired) electrons. The van der Waals surface area contributed by atoms with Crippen LogP contribution in [0.2, 0.25) is 0 Å². The average molecular weight is 655 g/mol. The molecule has 2 N–H and O–H groups in total. The third kappa shape index (κ3) is 8.65. The number of amides is 2. The number of likely N-dealkylation sites (tertiary alicyclic amines) is 1. The molecule has 48 heavy (non-hydrogen) atoms. The van der Waals surface area contributed by atoms with Crippen molar-refractivity contribution in [1.29, 1.82) is 0 Å². The number of nitrogens with one attached hydrogen (secondary N) is 2. The van der Waals surface area contributed by atoms with Crippen molar-refractivity contribution < 1.29 is 19.1 Å². The van der Waals surface area contributed by atoms with Gasteiger partial charge < -0.3 is 24.3 Å². The maximum Gasteiger partial charge on any atom is 0.410 e. The highest BCUT2D eigenvalue weighted by Crippen LogP contribution is 2.33. The molecule has 5 rings (SSSR count). The number of aromatic nitrogens is 4. The van der Waals surface area contributed by atoms with Crippen LogP contribution in [-0.2, 0) is 16.0 Å². The summed E-state index contributed by atoms with van der Waals surface area (Å²) in [5.74, 6) is 1.80. The Hall–Kier alpha value is -4.60.